The van der Waals surface area contributed by atoms with Crippen LogP contribution in [0.4, 0.5) is 4.39 Å². The van der Waals surface area contributed by atoms with Crippen LogP contribution < -0.4 is 0 Å². The normalized spacial score (nSPS) is 20.5. The second-order valence-corrected chi connectivity index (χ2v) is 8.96. The van der Waals surface area contributed by atoms with Gasteiger partial charge < -0.3 is 9.47 Å². The largest absolute Gasteiger partial charge is 0.342 e. The summed E-state index contributed by atoms with van der Waals surface area (Å²) in [5.41, 5.74) is 1.92. The third-order valence-corrected chi connectivity index (χ3v) is 7.36. The van der Waals surface area contributed by atoms with Crippen molar-refractivity contribution in [2.75, 3.05) is 13.1 Å². The first-order valence-electron chi connectivity index (χ1n) is 9.94. The van der Waals surface area contributed by atoms with Gasteiger partial charge in [0.15, 0.2) is 0 Å². The number of carbonyl (C=O) groups excluding carboxylic acids is 1. The van der Waals surface area contributed by atoms with Crippen molar-refractivity contribution in [3.8, 4) is 0 Å². The lowest BCUT2D eigenvalue weighted by Crippen LogP contribution is -2.43. The van der Waals surface area contributed by atoms with Crippen molar-refractivity contribution >= 4 is 27.5 Å². The second-order valence-electron chi connectivity index (χ2n) is 7.90. The number of aromatic nitrogens is 3. The minimum atomic E-state index is -0.242. The molecule has 2 aliphatic rings. The fourth-order valence-electron chi connectivity index (χ4n) is 4.53. The van der Waals surface area contributed by atoms with Crippen LogP contribution in [0.3, 0.4) is 0 Å². The molecule has 146 valence electrons. The first kappa shape index (κ1) is 17.8. The van der Waals surface area contributed by atoms with Crippen molar-refractivity contribution in [3.05, 3.63) is 46.7 Å². The van der Waals surface area contributed by atoms with E-state index in [0.717, 1.165) is 66.4 Å². The number of likely N-dealkylation sites (tertiary alicyclic amines) is 1. The molecule has 28 heavy (non-hydrogen) atoms. The van der Waals surface area contributed by atoms with E-state index < -0.39 is 0 Å². The molecule has 0 spiro atoms. The highest BCUT2D eigenvalue weighted by atomic mass is 32.1. The maximum absolute atomic E-state index is 13.4. The molecule has 1 aromatic carbocycles. The van der Waals surface area contributed by atoms with Crippen LogP contribution in [0.1, 0.15) is 41.7 Å². The van der Waals surface area contributed by atoms with Gasteiger partial charge in [0.1, 0.15) is 11.6 Å². The number of hydrogen-bond donors (Lipinski definition) is 0. The molecule has 0 radical (unpaired) electrons. The number of imidazole rings is 1. The van der Waals surface area contributed by atoms with Crippen LogP contribution in [-0.2, 0) is 17.8 Å². The molecule has 5 nitrogen and oxygen atoms in total. The van der Waals surface area contributed by atoms with E-state index in [2.05, 4.69) is 14.5 Å². The summed E-state index contributed by atoms with van der Waals surface area (Å²) < 4.78 is 16.7. The number of carbonyl (C=O) groups is 1. The Kier molecular flexibility index (Phi) is 4.42. The lowest BCUT2D eigenvalue weighted by molar-refractivity contribution is -0.137. The molecule has 1 fully saturated rings. The fourth-order valence-corrected chi connectivity index (χ4v) is 5.65. The van der Waals surface area contributed by atoms with E-state index in [1.165, 1.54) is 17.8 Å². The fraction of sp³-hybridized carbons (Fsp3) is 0.476. The minimum Gasteiger partial charge on any atom is -0.342 e. The summed E-state index contributed by atoms with van der Waals surface area (Å²) in [4.78, 5) is 24.1. The van der Waals surface area contributed by atoms with Crippen LogP contribution >= 0.6 is 11.3 Å². The van der Waals surface area contributed by atoms with Gasteiger partial charge in [0, 0.05) is 55.8 Å². The van der Waals surface area contributed by atoms with Crippen molar-refractivity contribution in [2.45, 2.75) is 45.1 Å². The first-order chi connectivity index (χ1) is 13.6. The lowest BCUT2D eigenvalue weighted by atomic mass is 9.92. The summed E-state index contributed by atoms with van der Waals surface area (Å²) in [6.45, 7) is 4.47. The van der Waals surface area contributed by atoms with Gasteiger partial charge in [-0.3, -0.25) is 4.79 Å². The molecule has 2 aromatic heterocycles. The number of nitrogens with zero attached hydrogens (tertiary/aromatic N) is 4. The van der Waals surface area contributed by atoms with Crippen molar-refractivity contribution in [1.29, 1.82) is 0 Å². The van der Waals surface area contributed by atoms with Gasteiger partial charge in [-0.05, 0) is 38.3 Å². The molecule has 1 atom stereocenters. The number of benzene rings is 1. The number of halogens is 1. The van der Waals surface area contributed by atoms with Gasteiger partial charge >= 0.3 is 0 Å². The molecule has 0 bridgehead atoms. The Balaban J connectivity index is 1.23. The molecule has 0 saturated carbocycles. The summed E-state index contributed by atoms with van der Waals surface area (Å²) >= 11 is 1.65. The van der Waals surface area contributed by atoms with E-state index in [1.54, 1.807) is 17.4 Å². The predicted octanol–water partition coefficient (Wildman–Crippen LogP) is 3.91. The van der Waals surface area contributed by atoms with E-state index in [0.29, 0.717) is 5.92 Å². The van der Waals surface area contributed by atoms with Gasteiger partial charge in [-0.2, -0.15) is 0 Å². The van der Waals surface area contributed by atoms with Gasteiger partial charge in [0.2, 0.25) is 5.91 Å². The van der Waals surface area contributed by atoms with E-state index >= 15 is 0 Å². The van der Waals surface area contributed by atoms with Crippen molar-refractivity contribution in [3.63, 3.8) is 0 Å². The van der Waals surface area contributed by atoms with Gasteiger partial charge in [-0.25, -0.2) is 14.4 Å². The second kappa shape index (κ2) is 6.95. The highest BCUT2D eigenvalue weighted by molar-refractivity contribution is 7.18. The molecule has 1 amide bonds. The first-order valence-corrected chi connectivity index (χ1v) is 10.8. The topological polar surface area (TPSA) is 51.0 Å². The Morgan fingerprint density at radius 2 is 2.04 bits per heavy atom. The average Bonchev–Trinajstić information content (AvgIpc) is 3.30. The maximum atomic E-state index is 13.4. The van der Waals surface area contributed by atoms with Crippen molar-refractivity contribution < 1.29 is 9.18 Å². The van der Waals surface area contributed by atoms with Crippen LogP contribution in [0.5, 0.6) is 0 Å². The smallest absolute Gasteiger partial charge is 0.226 e. The maximum Gasteiger partial charge on any atom is 0.226 e. The van der Waals surface area contributed by atoms with E-state index in [-0.39, 0.29) is 17.6 Å². The third-order valence-electron chi connectivity index (χ3n) is 6.17. The van der Waals surface area contributed by atoms with Gasteiger partial charge in [0.05, 0.1) is 15.2 Å². The predicted molar refractivity (Wildman–Crippen MR) is 107 cm³/mol. The van der Waals surface area contributed by atoms with Crippen LogP contribution in [0.2, 0.25) is 0 Å². The molecule has 4 heterocycles. The van der Waals surface area contributed by atoms with Crippen LogP contribution in [0, 0.1) is 18.7 Å². The monoisotopic (exact) mass is 398 g/mol. The number of hydrogen-bond acceptors (Lipinski definition) is 4. The molecular formula is C21H23FN4OS. The summed E-state index contributed by atoms with van der Waals surface area (Å²) in [5, 5.41) is 1.07. The molecular weight excluding hydrogens is 375 g/mol. The van der Waals surface area contributed by atoms with Gasteiger partial charge in [-0.15, -0.1) is 11.3 Å². The molecule has 1 saturated heterocycles. The Morgan fingerprint density at radius 3 is 2.86 bits per heavy atom. The van der Waals surface area contributed by atoms with E-state index in [4.69, 9.17) is 0 Å². The summed E-state index contributed by atoms with van der Waals surface area (Å²) in [6.07, 6.45) is 5.46. The summed E-state index contributed by atoms with van der Waals surface area (Å²) in [5.74, 6) is 1.52. The highest BCUT2D eigenvalue weighted by Gasteiger charge is 2.32. The third kappa shape index (κ3) is 3.11. The average molecular weight is 399 g/mol. The van der Waals surface area contributed by atoms with Crippen LogP contribution in [-0.4, -0.2) is 38.4 Å². The number of piperidine rings is 1. The van der Waals surface area contributed by atoms with Gasteiger partial charge in [-0.1, -0.05) is 0 Å². The Hall–Kier alpha value is -2.28. The molecule has 0 aliphatic carbocycles. The lowest BCUT2D eigenvalue weighted by Gasteiger charge is -2.35. The number of rotatable bonds is 2. The number of amides is 1. The van der Waals surface area contributed by atoms with E-state index in [1.807, 2.05) is 18.0 Å². The Morgan fingerprint density at radius 1 is 1.21 bits per heavy atom. The standard InChI is InChI=1S/C21H23FN4OS/c1-13-23-12-17-10-15(6-9-26(13)17)21(27)25-7-4-14(5-8-25)20-24-18-11-16(22)2-3-19(18)28-20/h2-3,11-12,14-15H,4-10H2,1H3. The number of aryl methyl sites for hydroxylation is 1. The molecule has 7 heteroatoms. The highest BCUT2D eigenvalue weighted by Crippen LogP contribution is 2.35. The van der Waals surface area contributed by atoms with Crippen LogP contribution in [0.15, 0.2) is 24.4 Å². The van der Waals surface area contributed by atoms with Crippen molar-refractivity contribution in [1.82, 2.24) is 19.4 Å². The molecule has 1 unspecified atom stereocenters. The summed E-state index contributed by atoms with van der Waals surface area (Å²) in [7, 11) is 0. The minimum absolute atomic E-state index is 0.0746. The van der Waals surface area contributed by atoms with Crippen LogP contribution in [0.25, 0.3) is 10.2 Å². The zero-order chi connectivity index (χ0) is 19.3. The SMILES string of the molecule is Cc1ncc2n1CCC(C(=O)N1CCC(c3nc4cc(F)ccc4s3)CC1)C2. The summed E-state index contributed by atoms with van der Waals surface area (Å²) in [6, 6.07) is 4.80. The molecule has 5 rings (SSSR count). The molecule has 0 N–H and O–H groups in total. The van der Waals surface area contributed by atoms with E-state index in [9.17, 15) is 9.18 Å². The zero-order valence-corrected chi connectivity index (χ0v) is 16.7. The zero-order valence-electron chi connectivity index (χ0n) is 15.9. The van der Waals surface area contributed by atoms with Crippen molar-refractivity contribution in [2.24, 2.45) is 5.92 Å². The number of fused-ring (bicyclic) bond motifs is 2. The Labute approximate surface area is 167 Å². The van der Waals surface area contributed by atoms with Gasteiger partial charge in [0.25, 0.3) is 0 Å². The molecule has 2 aliphatic heterocycles. The molecule has 3 aromatic rings. The quantitative estimate of drug-likeness (QED) is 0.658. The Bertz CT molecular complexity index is 1030. The number of thiazole rings is 1.